The van der Waals surface area contributed by atoms with Crippen LogP contribution in [0.1, 0.15) is 24.0 Å². The predicted octanol–water partition coefficient (Wildman–Crippen LogP) is 2.27. The monoisotopic (exact) mass is 343 g/mol. The number of aryl methyl sites for hydroxylation is 1. The molecule has 5 nitrogen and oxygen atoms in total. The Balaban J connectivity index is 1.75. The van der Waals surface area contributed by atoms with Crippen molar-refractivity contribution in [3.8, 4) is 11.5 Å². The summed E-state index contributed by atoms with van der Waals surface area (Å²) in [4.78, 5) is 2.63. The number of benzene rings is 1. The smallest absolute Gasteiger partial charge is 0.161 e. The number of ether oxygens (including phenoxy) is 4. The lowest BCUT2D eigenvalue weighted by molar-refractivity contribution is -0.0222. The van der Waals surface area contributed by atoms with Gasteiger partial charge in [0.2, 0.25) is 0 Å². The van der Waals surface area contributed by atoms with Crippen LogP contribution in [0.15, 0.2) is 24.3 Å². The van der Waals surface area contributed by atoms with E-state index in [1.807, 2.05) is 0 Å². The van der Waals surface area contributed by atoms with E-state index in [-0.39, 0.29) is 17.2 Å². The van der Waals surface area contributed by atoms with Gasteiger partial charge < -0.3 is 18.9 Å². The lowest BCUT2D eigenvalue weighted by Gasteiger charge is -2.47. The highest BCUT2D eigenvalue weighted by Gasteiger charge is 2.77. The Labute approximate surface area is 148 Å². The summed E-state index contributed by atoms with van der Waals surface area (Å²) in [6, 6.07) is 4.35. The third-order valence-corrected chi connectivity index (χ3v) is 6.62. The van der Waals surface area contributed by atoms with Gasteiger partial charge in [-0.05, 0) is 48.7 Å². The summed E-state index contributed by atoms with van der Waals surface area (Å²) in [5.74, 6) is 1.60. The molecule has 2 spiro atoms. The van der Waals surface area contributed by atoms with E-state index in [0.29, 0.717) is 6.10 Å². The zero-order valence-electron chi connectivity index (χ0n) is 15.1. The Morgan fingerprint density at radius 1 is 1.16 bits per heavy atom. The van der Waals surface area contributed by atoms with Crippen molar-refractivity contribution in [1.29, 1.82) is 0 Å². The number of hydrogen-bond donors (Lipinski definition) is 0. The predicted molar refractivity (Wildman–Crippen MR) is 93.3 cm³/mol. The van der Waals surface area contributed by atoms with Crippen molar-refractivity contribution in [2.75, 3.05) is 34.4 Å². The van der Waals surface area contributed by atoms with Crippen LogP contribution < -0.4 is 9.47 Å². The van der Waals surface area contributed by atoms with Crippen LogP contribution in [-0.4, -0.2) is 57.1 Å². The second-order valence-electron chi connectivity index (χ2n) is 7.51. The van der Waals surface area contributed by atoms with Gasteiger partial charge in [-0.3, -0.25) is 4.90 Å². The molecule has 0 bridgehead atoms. The Kier molecular flexibility index (Phi) is 3.28. The van der Waals surface area contributed by atoms with E-state index in [2.05, 4.69) is 29.2 Å². The van der Waals surface area contributed by atoms with Crippen molar-refractivity contribution in [1.82, 2.24) is 4.90 Å². The molecule has 0 amide bonds. The minimum Gasteiger partial charge on any atom is -0.493 e. The summed E-state index contributed by atoms with van der Waals surface area (Å²) < 4.78 is 23.2. The lowest BCUT2D eigenvalue weighted by atomic mass is 9.69. The molecule has 3 heterocycles. The van der Waals surface area contributed by atoms with Gasteiger partial charge in [0.05, 0.1) is 25.9 Å². The van der Waals surface area contributed by atoms with E-state index in [1.165, 1.54) is 11.1 Å². The van der Waals surface area contributed by atoms with Crippen molar-refractivity contribution in [2.24, 2.45) is 0 Å². The molecule has 1 aromatic rings. The van der Waals surface area contributed by atoms with Crippen LogP contribution in [0.3, 0.4) is 0 Å². The van der Waals surface area contributed by atoms with Crippen molar-refractivity contribution in [3.05, 3.63) is 35.4 Å². The highest BCUT2D eigenvalue weighted by molar-refractivity contribution is 5.55. The molecule has 0 aromatic heterocycles. The van der Waals surface area contributed by atoms with E-state index in [9.17, 15) is 0 Å². The quantitative estimate of drug-likeness (QED) is 0.622. The third kappa shape index (κ3) is 1.84. The van der Waals surface area contributed by atoms with E-state index < -0.39 is 0 Å². The van der Waals surface area contributed by atoms with Gasteiger partial charge in [-0.25, -0.2) is 0 Å². The second kappa shape index (κ2) is 5.22. The molecule has 134 valence electrons. The van der Waals surface area contributed by atoms with Crippen LogP contribution in [0, 0.1) is 0 Å². The fourth-order valence-electron chi connectivity index (χ4n) is 5.43. The second-order valence-corrected chi connectivity index (χ2v) is 7.51. The standard InChI is InChI=1S/C20H25NO4/c1-22-14-6-7-20-18(25-20)12-21-8-4-5-13-9-16(23-2)17(24-3)10-15(13)19(20,21)11-14/h6-7,9-10,14,18H,4-5,8,11-12H2,1-3H3/t14-,18?,19?,20?/m1/s1. The minimum atomic E-state index is -0.208. The van der Waals surface area contributed by atoms with E-state index in [0.717, 1.165) is 43.9 Å². The summed E-state index contributed by atoms with van der Waals surface area (Å²) in [5.41, 5.74) is 2.30. The molecule has 5 rings (SSSR count). The zero-order valence-corrected chi connectivity index (χ0v) is 15.1. The van der Waals surface area contributed by atoms with E-state index in [1.54, 1.807) is 21.3 Å². The SMILES string of the molecule is COc1cc2c(cc1OC)C13C[C@H](OC)C=CC14OC4CN3CCC2. The zero-order chi connectivity index (χ0) is 17.2. The largest absolute Gasteiger partial charge is 0.493 e. The number of morpholine rings is 1. The molecule has 1 aromatic carbocycles. The number of fused-ring (bicyclic) bond motifs is 1. The van der Waals surface area contributed by atoms with Gasteiger partial charge in [0.1, 0.15) is 11.7 Å². The Bertz CT molecular complexity index is 747. The van der Waals surface area contributed by atoms with Crippen molar-refractivity contribution in [2.45, 2.75) is 42.6 Å². The summed E-state index contributed by atoms with van der Waals surface area (Å²) in [6.07, 6.45) is 7.96. The number of nitrogens with zero attached hydrogens (tertiary/aromatic N) is 1. The van der Waals surface area contributed by atoms with Crippen LogP contribution in [0.5, 0.6) is 11.5 Å². The molecule has 3 aliphatic heterocycles. The van der Waals surface area contributed by atoms with Gasteiger partial charge in [-0.1, -0.05) is 6.08 Å². The van der Waals surface area contributed by atoms with E-state index >= 15 is 0 Å². The fraction of sp³-hybridized carbons (Fsp3) is 0.600. The Hall–Kier alpha value is -1.56. The molecular weight excluding hydrogens is 318 g/mol. The normalized spacial score (nSPS) is 38.2. The molecule has 0 radical (unpaired) electrons. The highest BCUT2D eigenvalue weighted by atomic mass is 16.6. The first kappa shape index (κ1) is 15.7. The fourth-order valence-corrected chi connectivity index (χ4v) is 5.43. The van der Waals surface area contributed by atoms with Gasteiger partial charge in [-0.15, -0.1) is 0 Å². The van der Waals surface area contributed by atoms with Crippen molar-refractivity contribution in [3.63, 3.8) is 0 Å². The molecule has 2 saturated heterocycles. The van der Waals surface area contributed by atoms with Crippen LogP contribution in [0.2, 0.25) is 0 Å². The first-order valence-electron chi connectivity index (χ1n) is 9.09. The molecule has 1 aliphatic carbocycles. The molecule has 4 aliphatic rings. The van der Waals surface area contributed by atoms with Crippen LogP contribution in [-0.2, 0) is 21.4 Å². The first-order chi connectivity index (χ1) is 12.2. The first-order valence-corrected chi connectivity index (χ1v) is 9.09. The molecule has 3 unspecified atom stereocenters. The molecular formula is C20H25NO4. The number of methoxy groups -OCH3 is 3. The summed E-state index contributed by atoms with van der Waals surface area (Å²) in [5, 5.41) is 0. The maximum Gasteiger partial charge on any atom is 0.161 e. The van der Waals surface area contributed by atoms with Gasteiger partial charge in [0.25, 0.3) is 0 Å². The number of rotatable bonds is 3. The molecule has 5 heteroatoms. The summed E-state index contributed by atoms with van der Waals surface area (Å²) in [7, 11) is 5.20. The van der Waals surface area contributed by atoms with Gasteiger partial charge in [0.15, 0.2) is 11.5 Å². The minimum absolute atomic E-state index is 0.107. The summed E-state index contributed by atoms with van der Waals surface area (Å²) in [6.45, 7) is 2.08. The number of epoxide rings is 1. The molecule has 4 atom stereocenters. The maximum atomic E-state index is 6.28. The van der Waals surface area contributed by atoms with Crippen molar-refractivity contribution < 1.29 is 18.9 Å². The molecule has 0 saturated carbocycles. The van der Waals surface area contributed by atoms with Crippen LogP contribution in [0.4, 0.5) is 0 Å². The van der Waals surface area contributed by atoms with E-state index in [4.69, 9.17) is 18.9 Å². The lowest BCUT2D eigenvalue weighted by Crippen LogP contribution is -2.54. The highest BCUT2D eigenvalue weighted by Crippen LogP contribution is 2.65. The van der Waals surface area contributed by atoms with Gasteiger partial charge in [0, 0.05) is 20.1 Å². The average Bonchev–Trinajstić information content (AvgIpc) is 3.30. The van der Waals surface area contributed by atoms with Gasteiger partial charge >= 0.3 is 0 Å². The van der Waals surface area contributed by atoms with Gasteiger partial charge in [-0.2, -0.15) is 0 Å². The Morgan fingerprint density at radius 2 is 1.96 bits per heavy atom. The molecule has 0 N–H and O–H groups in total. The average molecular weight is 343 g/mol. The topological polar surface area (TPSA) is 43.5 Å². The molecule has 25 heavy (non-hydrogen) atoms. The maximum absolute atomic E-state index is 6.28. The molecule has 2 fully saturated rings. The summed E-state index contributed by atoms with van der Waals surface area (Å²) >= 11 is 0. The Morgan fingerprint density at radius 3 is 2.72 bits per heavy atom. The van der Waals surface area contributed by atoms with Crippen molar-refractivity contribution >= 4 is 0 Å². The van der Waals surface area contributed by atoms with Crippen LogP contribution in [0.25, 0.3) is 0 Å². The van der Waals surface area contributed by atoms with Crippen LogP contribution >= 0.6 is 0 Å². The third-order valence-electron chi connectivity index (χ3n) is 6.62. The number of hydrogen-bond acceptors (Lipinski definition) is 5.